The van der Waals surface area contributed by atoms with E-state index >= 15 is 0 Å². The SMILES string of the molecule is COc1ccc(C(O)c2snnc2C(C)C)c(OC)c1. The lowest BCUT2D eigenvalue weighted by Crippen LogP contribution is -2.05. The van der Waals surface area contributed by atoms with Crippen molar-refractivity contribution in [1.29, 1.82) is 0 Å². The Balaban J connectivity index is 2.42. The molecule has 0 bridgehead atoms. The summed E-state index contributed by atoms with van der Waals surface area (Å²) in [6.45, 7) is 4.05. The maximum atomic E-state index is 10.6. The predicted molar refractivity (Wildman–Crippen MR) is 77.6 cm³/mol. The Hall–Kier alpha value is -1.66. The number of nitrogens with zero attached hydrogens (tertiary/aromatic N) is 2. The molecule has 0 aliphatic carbocycles. The molecule has 1 aromatic carbocycles. The highest BCUT2D eigenvalue weighted by atomic mass is 32.1. The fourth-order valence-electron chi connectivity index (χ4n) is 1.98. The van der Waals surface area contributed by atoms with Gasteiger partial charge in [-0.2, -0.15) is 0 Å². The number of rotatable bonds is 5. The molecule has 108 valence electrons. The van der Waals surface area contributed by atoms with E-state index in [0.29, 0.717) is 17.1 Å². The van der Waals surface area contributed by atoms with Crippen LogP contribution in [0.5, 0.6) is 11.5 Å². The Labute approximate surface area is 122 Å². The zero-order valence-electron chi connectivity index (χ0n) is 12.0. The number of aromatic nitrogens is 2. The molecule has 0 aliphatic heterocycles. The molecule has 1 heterocycles. The Morgan fingerprint density at radius 3 is 2.55 bits per heavy atom. The van der Waals surface area contributed by atoms with Gasteiger partial charge in [0.15, 0.2) is 0 Å². The van der Waals surface area contributed by atoms with Gasteiger partial charge < -0.3 is 14.6 Å². The van der Waals surface area contributed by atoms with Gasteiger partial charge in [-0.15, -0.1) is 5.10 Å². The number of aliphatic hydroxyl groups is 1. The second kappa shape index (κ2) is 6.19. The van der Waals surface area contributed by atoms with Crippen molar-refractivity contribution in [3.05, 3.63) is 34.3 Å². The Bertz CT molecular complexity index is 584. The summed E-state index contributed by atoms with van der Waals surface area (Å²) in [6, 6.07) is 5.35. The van der Waals surface area contributed by atoms with Crippen LogP contribution in [0.15, 0.2) is 18.2 Å². The summed E-state index contributed by atoms with van der Waals surface area (Å²) in [7, 11) is 3.16. The molecule has 0 fully saturated rings. The summed E-state index contributed by atoms with van der Waals surface area (Å²) >= 11 is 1.21. The fourth-order valence-corrected chi connectivity index (χ4v) is 2.79. The number of methoxy groups -OCH3 is 2. The normalized spacial score (nSPS) is 12.5. The van der Waals surface area contributed by atoms with Crippen LogP contribution in [0.1, 0.15) is 42.0 Å². The molecule has 0 saturated carbocycles. The van der Waals surface area contributed by atoms with Gasteiger partial charge >= 0.3 is 0 Å². The largest absolute Gasteiger partial charge is 0.497 e. The van der Waals surface area contributed by atoms with Gasteiger partial charge in [0, 0.05) is 11.6 Å². The van der Waals surface area contributed by atoms with E-state index in [1.54, 1.807) is 32.4 Å². The summed E-state index contributed by atoms with van der Waals surface area (Å²) < 4.78 is 14.4. The zero-order chi connectivity index (χ0) is 14.7. The van der Waals surface area contributed by atoms with Gasteiger partial charge in [-0.3, -0.25) is 0 Å². The van der Waals surface area contributed by atoms with Crippen LogP contribution in [-0.4, -0.2) is 28.9 Å². The molecule has 0 spiro atoms. The molecule has 1 aromatic heterocycles. The number of benzene rings is 1. The molecule has 1 unspecified atom stereocenters. The molecular weight excluding hydrogens is 276 g/mol. The number of ether oxygens (including phenoxy) is 2. The number of hydrogen-bond acceptors (Lipinski definition) is 6. The van der Waals surface area contributed by atoms with Crippen LogP contribution >= 0.6 is 11.5 Å². The second-order valence-electron chi connectivity index (χ2n) is 4.69. The lowest BCUT2D eigenvalue weighted by molar-refractivity contribution is 0.216. The van der Waals surface area contributed by atoms with Crippen LogP contribution in [0.4, 0.5) is 0 Å². The maximum absolute atomic E-state index is 10.6. The average molecular weight is 294 g/mol. The number of aliphatic hydroxyl groups excluding tert-OH is 1. The van der Waals surface area contributed by atoms with Crippen LogP contribution < -0.4 is 9.47 Å². The molecule has 2 aromatic rings. The van der Waals surface area contributed by atoms with Crippen LogP contribution in [-0.2, 0) is 0 Å². The molecule has 20 heavy (non-hydrogen) atoms. The van der Waals surface area contributed by atoms with E-state index in [1.165, 1.54) is 11.5 Å². The summed E-state index contributed by atoms with van der Waals surface area (Å²) in [5.41, 5.74) is 1.50. The lowest BCUT2D eigenvalue weighted by atomic mass is 10.0. The highest BCUT2D eigenvalue weighted by molar-refractivity contribution is 7.05. The molecule has 5 nitrogen and oxygen atoms in total. The molecule has 1 N–H and O–H groups in total. The van der Waals surface area contributed by atoms with Crippen molar-refractivity contribution < 1.29 is 14.6 Å². The minimum Gasteiger partial charge on any atom is -0.497 e. The minimum absolute atomic E-state index is 0.211. The molecular formula is C14H18N2O3S. The van der Waals surface area contributed by atoms with Gasteiger partial charge in [0.05, 0.1) is 24.8 Å². The van der Waals surface area contributed by atoms with E-state index in [1.807, 2.05) is 13.8 Å². The van der Waals surface area contributed by atoms with E-state index in [2.05, 4.69) is 9.59 Å². The van der Waals surface area contributed by atoms with Crippen LogP contribution in [0.3, 0.4) is 0 Å². The van der Waals surface area contributed by atoms with E-state index < -0.39 is 6.10 Å². The van der Waals surface area contributed by atoms with Crippen molar-refractivity contribution in [1.82, 2.24) is 9.59 Å². The zero-order valence-corrected chi connectivity index (χ0v) is 12.8. The summed E-state index contributed by atoms with van der Waals surface area (Å²) in [4.78, 5) is 0.753. The van der Waals surface area contributed by atoms with Gasteiger partial charge in [-0.1, -0.05) is 18.3 Å². The minimum atomic E-state index is -0.798. The van der Waals surface area contributed by atoms with Crippen molar-refractivity contribution in [2.24, 2.45) is 0 Å². The van der Waals surface area contributed by atoms with E-state index in [-0.39, 0.29) is 5.92 Å². The Kier molecular flexibility index (Phi) is 4.57. The molecule has 0 aliphatic rings. The third-order valence-corrected chi connectivity index (χ3v) is 3.86. The van der Waals surface area contributed by atoms with E-state index in [4.69, 9.17) is 9.47 Å². The van der Waals surface area contributed by atoms with Gasteiger partial charge in [0.1, 0.15) is 17.6 Å². The van der Waals surface area contributed by atoms with Crippen molar-refractivity contribution >= 4 is 11.5 Å². The first-order valence-corrected chi connectivity index (χ1v) is 7.08. The van der Waals surface area contributed by atoms with Gasteiger partial charge in [-0.05, 0) is 29.6 Å². The molecule has 0 amide bonds. The predicted octanol–water partition coefficient (Wildman–Crippen LogP) is 2.76. The summed E-state index contributed by atoms with van der Waals surface area (Å²) in [5.74, 6) is 1.48. The second-order valence-corrected chi connectivity index (χ2v) is 5.47. The van der Waals surface area contributed by atoms with Crippen molar-refractivity contribution in [2.75, 3.05) is 14.2 Å². The van der Waals surface area contributed by atoms with Crippen molar-refractivity contribution in [3.63, 3.8) is 0 Å². The van der Waals surface area contributed by atoms with Gasteiger partial charge in [0.2, 0.25) is 0 Å². The summed E-state index contributed by atoms with van der Waals surface area (Å²) in [6.07, 6.45) is -0.798. The molecule has 0 radical (unpaired) electrons. The first-order valence-electron chi connectivity index (χ1n) is 6.30. The van der Waals surface area contributed by atoms with Crippen molar-refractivity contribution in [3.8, 4) is 11.5 Å². The number of hydrogen-bond donors (Lipinski definition) is 1. The van der Waals surface area contributed by atoms with Crippen molar-refractivity contribution in [2.45, 2.75) is 25.9 Å². The average Bonchev–Trinajstić information content (AvgIpc) is 2.95. The standard InChI is InChI=1S/C14H18N2O3S/c1-8(2)12-14(20-16-15-12)13(17)10-6-5-9(18-3)7-11(10)19-4/h5-8,13,17H,1-4H3. The smallest absolute Gasteiger partial charge is 0.128 e. The Morgan fingerprint density at radius 1 is 1.20 bits per heavy atom. The first kappa shape index (κ1) is 14.7. The highest BCUT2D eigenvalue weighted by Crippen LogP contribution is 2.36. The van der Waals surface area contributed by atoms with Gasteiger partial charge in [-0.25, -0.2) is 0 Å². The summed E-state index contributed by atoms with van der Waals surface area (Å²) in [5, 5.41) is 14.7. The highest BCUT2D eigenvalue weighted by Gasteiger charge is 2.23. The monoisotopic (exact) mass is 294 g/mol. The quantitative estimate of drug-likeness (QED) is 0.918. The third-order valence-electron chi connectivity index (χ3n) is 3.07. The first-order chi connectivity index (χ1) is 9.58. The topological polar surface area (TPSA) is 64.5 Å². The Morgan fingerprint density at radius 2 is 1.95 bits per heavy atom. The van der Waals surface area contributed by atoms with E-state index in [9.17, 15) is 5.11 Å². The third kappa shape index (κ3) is 2.76. The molecule has 6 heteroatoms. The fraction of sp³-hybridized carbons (Fsp3) is 0.429. The van der Waals surface area contributed by atoms with Crippen LogP contribution in [0, 0.1) is 0 Å². The van der Waals surface area contributed by atoms with Crippen LogP contribution in [0.25, 0.3) is 0 Å². The lowest BCUT2D eigenvalue weighted by Gasteiger charge is -2.16. The van der Waals surface area contributed by atoms with E-state index in [0.717, 1.165) is 10.6 Å². The van der Waals surface area contributed by atoms with Gasteiger partial charge in [0.25, 0.3) is 0 Å². The van der Waals surface area contributed by atoms with Crippen LogP contribution in [0.2, 0.25) is 0 Å². The molecule has 2 rings (SSSR count). The maximum Gasteiger partial charge on any atom is 0.128 e. The molecule has 0 saturated heterocycles. The molecule has 1 atom stereocenters.